The van der Waals surface area contributed by atoms with E-state index in [4.69, 9.17) is 9.47 Å². The second-order valence-corrected chi connectivity index (χ2v) is 13.8. The number of hydrogen-bond donors (Lipinski definition) is 1. The summed E-state index contributed by atoms with van der Waals surface area (Å²) in [7, 11) is -1.41. The molecule has 4 aromatic rings. The van der Waals surface area contributed by atoms with Gasteiger partial charge in [-0.3, -0.25) is 13.9 Å². The number of carbonyl (C=O) groups excluding carboxylic acids is 2. The lowest BCUT2D eigenvalue weighted by molar-refractivity contribution is -0.140. The van der Waals surface area contributed by atoms with Gasteiger partial charge in [-0.1, -0.05) is 83.5 Å². The van der Waals surface area contributed by atoms with Gasteiger partial charge in [-0.05, 0) is 60.9 Å². The van der Waals surface area contributed by atoms with Crippen LogP contribution in [0.15, 0.2) is 112 Å². The van der Waals surface area contributed by atoms with Gasteiger partial charge in [0.1, 0.15) is 24.1 Å². The third kappa shape index (κ3) is 9.14. The fraction of sp³-hybridized carbons (Fsp3) is 0.278. The number of carbonyl (C=O) groups is 2. The van der Waals surface area contributed by atoms with Crippen molar-refractivity contribution >= 4 is 43.5 Å². The molecule has 0 aliphatic rings. The quantitative estimate of drug-likeness (QED) is 0.156. The van der Waals surface area contributed by atoms with Crippen LogP contribution in [-0.4, -0.2) is 58.0 Å². The third-order valence-corrected chi connectivity index (χ3v) is 10.0. The lowest BCUT2D eigenvalue weighted by atomic mass is 10.0. The minimum atomic E-state index is -4.31. The molecule has 248 valence electrons. The SMILES string of the molecule is CC[C@H](C)NC(=O)[C@H](Cc1ccccc1)N(Cc1cccc(Br)c1)C(=O)CN(c1cc(OC)ccc1OC)S(=O)(=O)c1ccccc1. The fourth-order valence-electron chi connectivity index (χ4n) is 5.05. The second kappa shape index (κ2) is 16.5. The van der Waals surface area contributed by atoms with Crippen LogP contribution in [0.5, 0.6) is 11.5 Å². The number of halogens is 1. The summed E-state index contributed by atoms with van der Waals surface area (Å²) in [5.41, 5.74) is 1.74. The van der Waals surface area contributed by atoms with Crippen molar-refractivity contribution in [1.82, 2.24) is 10.2 Å². The highest BCUT2D eigenvalue weighted by atomic mass is 79.9. The standard InChI is InChI=1S/C36H40BrN3O6S/c1-5-26(2)38-36(42)33(22-27-13-8-6-9-14-27)39(24-28-15-12-16-29(37)21-28)35(41)25-40(47(43,44)31-17-10-7-11-18-31)32-23-30(45-3)19-20-34(32)46-4/h6-21,23,26,33H,5,22,24-25H2,1-4H3,(H,38,42)/t26-,33-/m0/s1. The van der Waals surface area contributed by atoms with Crippen molar-refractivity contribution in [3.63, 3.8) is 0 Å². The topological polar surface area (TPSA) is 105 Å². The minimum absolute atomic E-state index is 0.00781. The maximum absolute atomic E-state index is 14.7. The molecule has 0 saturated heterocycles. The summed E-state index contributed by atoms with van der Waals surface area (Å²) >= 11 is 3.51. The summed E-state index contributed by atoms with van der Waals surface area (Å²) in [6.45, 7) is 3.31. The van der Waals surface area contributed by atoms with Crippen LogP contribution in [0, 0.1) is 0 Å². The summed E-state index contributed by atoms with van der Waals surface area (Å²) in [5, 5.41) is 3.05. The number of nitrogens with one attached hydrogen (secondary N) is 1. The lowest BCUT2D eigenvalue weighted by Crippen LogP contribution is -2.54. The highest BCUT2D eigenvalue weighted by Crippen LogP contribution is 2.36. The molecule has 47 heavy (non-hydrogen) atoms. The molecule has 0 aromatic heterocycles. The molecular weight excluding hydrogens is 682 g/mol. The first-order valence-corrected chi connectivity index (χ1v) is 17.5. The van der Waals surface area contributed by atoms with E-state index in [0.717, 1.165) is 19.9 Å². The number of methoxy groups -OCH3 is 2. The van der Waals surface area contributed by atoms with Gasteiger partial charge in [0.2, 0.25) is 11.8 Å². The van der Waals surface area contributed by atoms with Crippen LogP contribution in [0.3, 0.4) is 0 Å². The molecule has 0 heterocycles. The summed E-state index contributed by atoms with van der Waals surface area (Å²) in [6.07, 6.45) is 0.916. The number of rotatable bonds is 15. The van der Waals surface area contributed by atoms with Gasteiger partial charge in [-0.25, -0.2) is 8.42 Å². The van der Waals surface area contributed by atoms with E-state index in [0.29, 0.717) is 12.2 Å². The number of amides is 2. The monoisotopic (exact) mass is 721 g/mol. The molecular formula is C36H40BrN3O6S. The van der Waals surface area contributed by atoms with E-state index in [-0.39, 0.29) is 41.2 Å². The van der Waals surface area contributed by atoms with Gasteiger partial charge in [-0.15, -0.1) is 0 Å². The average molecular weight is 723 g/mol. The first-order chi connectivity index (χ1) is 22.6. The maximum Gasteiger partial charge on any atom is 0.264 e. The summed E-state index contributed by atoms with van der Waals surface area (Å²) in [4.78, 5) is 30.1. The predicted octanol–water partition coefficient (Wildman–Crippen LogP) is 6.22. The van der Waals surface area contributed by atoms with Gasteiger partial charge >= 0.3 is 0 Å². The molecule has 11 heteroatoms. The third-order valence-electron chi connectivity index (χ3n) is 7.78. The van der Waals surface area contributed by atoms with Crippen LogP contribution < -0.4 is 19.1 Å². The molecule has 4 rings (SSSR count). The van der Waals surface area contributed by atoms with Crippen molar-refractivity contribution in [1.29, 1.82) is 0 Å². The second-order valence-electron chi connectivity index (χ2n) is 11.0. The molecule has 2 amide bonds. The van der Waals surface area contributed by atoms with Crippen LogP contribution in [0.2, 0.25) is 0 Å². The minimum Gasteiger partial charge on any atom is -0.497 e. The molecule has 9 nitrogen and oxygen atoms in total. The molecule has 4 aromatic carbocycles. The van der Waals surface area contributed by atoms with Crippen LogP contribution in [0.4, 0.5) is 5.69 Å². The zero-order valence-corrected chi connectivity index (χ0v) is 29.3. The fourth-order valence-corrected chi connectivity index (χ4v) is 6.94. The zero-order valence-electron chi connectivity index (χ0n) is 26.9. The van der Waals surface area contributed by atoms with E-state index in [2.05, 4.69) is 21.2 Å². The Labute approximate surface area is 285 Å². The van der Waals surface area contributed by atoms with Gasteiger partial charge in [0.25, 0.3) is 10.0 Å². The Hall–Kier alpha value is -4.35. The Kier molecular flexibility index (Phi) is 12.4. The van der Waals surface area contributed by atoms with E-state index in [1.54, 1.807) is 30.3 Å². The molecule has 0 fully saturated rings. The van der Waals surface area contributed by atoms with Crippen molar-refractivity contribution in [3.8, 4) is 11.5 Å². The molecule has 0 bridgehead atoms. The number of benzene rings is 4. The summed E-state index contributed by atoms with van der Waals surface area (Å²) in [5.74, 6) is -0.299. The maximum atomic E-state index is 14.7. The first kappa shape index (κ1) is 35.5. The number of anilines is 1. The van der Waals surface area contributed by atoms with E-state index < -0.39 is 28.5 Å². The van der Waals surface area contributed by atoms with Crippen molar-refractivity contribution < 1.29 is 27.5 Å². The molecule has 0 aliphatic carbocycles. The highest BCUT2D eigenvalue weighted by molar-refractivity contribution is 9.10. The number of sulfonamides is 1. The van der Waals surface area contributed by atoms with Crippen LogP contribution >= 0.6 is 15.9 Å². The first-order valence-electron chi connectivity index (χ1n) is 15.2. The molecule has 1 N–H and O–H groups in total. The van der Waals surface area contributed by atoms with Crippen LogP contribution in [0.1, 0.15) is 31.4 Å². The lowest BCUT2D eigenvalue weighted by Gasteiger charge is -2.34. The van der Waals surface area contributed by atoms with Gasteiger partial charge in [0, 0.05) is 29.5 Å². The van der Waals surface area contributed by atoms with E-state index >= 15 is 0 Å². The van der Waals surface area contributed by atoms with Crippen LogP contribution in [-0.2, 0) is 32.6 Å². The van der Waals surface area contributed by atoms with Gasteiger partial charge in [-0.2, -0.15) is 0 Å². The Morgan fingerprint density at radius 1 is 0.851 bits per heavy atom. The van der Waals surface area contributed by atoms with Gasteiger partial charge in [0.05, 0.1) is 24.8 Å². The van der Waals surface area contributed by atoms with Gasteiger partial charge in [0.15, 0.2) is 0 Å². The molecule has 0 radical (unpaired) electrons. The normalized spacial score (nSPS) is 12.4. The van der Waals surface area contributed by atoms with Gasteiger partial charge < -0.3 is 19.7 Å². The molecule has 0 saturated carbocycles. The largest absolute Gasteiger partial charge is 0.497 e. The summed E-state index contributed by atoms with van der Waals surface area (Å²) < 4.78 is 41.4. The Morgan fingerprint density at radius 3 is 2.13 bits per heavy atom. The predicted molar refractivity (Wildman–Crippen MR) is 187 cm³/mol. The number of hydrogen-bond acceptors (Lipinski definition) is 6. The Morgan fingerprint density at radius 2 is 1.51 bits per heavy atom. The smallest absolute Gasteiger partial charge is 0.264 e. The Bertz CT molecular complexity index is 1760. The number of nitrogens with zero attached hydrogens (tertiary/aromatic N) is 2. The summed E-state index contributed by atoms with van der Waals surface area (Å²) in [6, 6.07) is 28.4. The van der Waals surface area contributed by atoms with E-state index in [1.807, 2.05) is 68.4 Å². The number of ether oxygens (including phenoxy) is 2. The van der Waals surface area contributed by atoms with E-state index in [1.165, 1.54) is 37.3 Å². The molecule has 0 spiro atoms. The average Bonchev–Trinajstić information content (AvgIpc) is 3.09. The van der Waals surface area contributed by atoms with Crippen molar-refractivity contribution in [2.45, 2.75) is 50.2 Å². The molecule has 0 unspecified atom stereocenters. The van der Waals surface area contributed by atoms with E-state index in [9.17, 15) is 18.0 Å². The van der Waals surface area contributed by atoms with Crippen molar-refractivity contribution in [2.24, 2.45) is 0 Å². The van der Waals surface area contributed by atoms with Crippen LogP contribution in [0.25, 0.3) is 0 Å². The zero-order chi connectivity index (χ0) is 34.0. The molecule has 2 atom stereocenters. The van der Waals surface area contributed by atoms with Crippen molar-refractivity contribution in [3.05, 3.63) is 119 Å². The molecule has 0 aliphatic heterocycles. The highest BCUT2D eigenvalue weighted by Gasteiger charge is 2.36. The Balaban J connectivity index is 1.86. The van der Waals surface area contributed by atoms with Crippen molar-refractivity contribution in [2.75, 3.05) is 25.1 Å².